The summed E-state index contributed by atoms with van der Waals surface area (Å²) in [5.74, 6) is 0.0623. The lowest BCUT2D eigenvalue weighted by Gasteiger charge is -2.13. The van der Waals surface area contributed by atoms with Crippen molar-refractivity contribution in [3.05, 3.63) is 65.4 Å². The zero-order valence-electron chi connectivity index (χ0n) is 15.7. The number of aryl methyl sites for hydroxylation is 1. The number of hydrogen-bond donors (Lipinski definition) is 1. The topological polar surface area (TPSA) is 37.3 Å². The first kappa shape index (κ1) is 16.6. The molecule has 1 amide bonds. The second-order valence-electron chi connectivity index (χ2n) is 7.76. The molecule has 1 saturated carbocycles. The van der Waals surface area contributed by atoms with Gasteiger partial charge in [-0.2, -0.15) is 0 Å². The van der Waals surface area contributed by atoms with E-state index < -0.39 is 0 Å². The van der Waals surface area contributed by atoms with Gasteiger partial charge in [0.25, 0.3) is 0 Å². The van der Waals surface area contributed by atoms with Crippen LogP contribution in [-0.2, 0) is 30.8 Å². The zero-order chi connectivity index (χ0) is 18.4. The molecule has 0 radical (unpaired) electrons. The lowest BCUT2D eigenvalue weighted by molar-refractivity contribution is -0.115. The molecule has 27 heavy (non-hydrogen) atoms. The van der Waals surface area contributed by atoms with Gasteiger partial charge in [0, 0.05) is 48.5 Å². The number of amides is 1. The number of carbonyl (C=O) groups is 1. The summed E-state index contributed by atoms with van der Waals surface area (Å²) in [7, 11) is 0. The van der Waals surface area contributed by atoms with E-state index in [2.05, 4.69) is 58.2 Å². The minimum atomic E-state index is 0.0623. The van der Waals surface area contributed by atoms with Gasteiger partial charge in [-0.05, 0) is 48.6 Å². The van der Waals surface area contributed by atoms with Gasteiger partial charge in [0.15, 0.2) is 0 Å². The highest BCUT2D eigenvalue weighted by Crippen LogP contribution is 2.37. The first-order chi connectivity index (χ1) is 13.2. The summed E-state index contributed by atoms with van der Waals surface area (Å²) in [5, 5.41) is 4.36. The summed E-state index contributed by atoms with van der Waals surface area (Å²) < 4.78 is 2.21. The molecule has 0 spiro atoms. The van der Waals surface area contributed by atoms with E-state index in [-0.39, 0.29) is 5.91 Å². The lowest BCUT2D eigenvalue weighted by atomic mass is 10.1. The van der Waals surface area contributed by atoms with Crippen molar-refractivity contribution in [2.45, 2.75) is 51.9 Å². The number of fused-ring (bicyclic) bond motifs is 2. The maximum atomic E-state index is 12.8. The number of carbonyl (C=O) groups excluding carboxylic acids is 1. The molecule has 2 heterocycles. The van der Waals surface area contributed by atoms with Gasteiger partial charge < -0.3 is 9.88 Å². The predicted octanol–water partition coefficient (Wildman–Crippen LogP) is 4.32. The molecule has 3 aromatic rings. The molecule has 2 aliphatic rings. The Morgan fingerprint density at radius 2 is 1.96 bits per heavy atom. The largest absolute Gasteiger partial charge is 0.347 e. The minimum Gasteiger partial charge on any atom is -0.347 e. The van der Waals surface area contributed by atoms with Gasteiger partial charge in [-0.25, -0.2) is 0 Å². The van der Waals surface area contributed by atoms with Crippen molar-refractivity contribution in [3.8, 4) is 0 Å². The van der Waals surface area contributed by atoms with Crippen molar-refractivity contribution >= 4 is 22.5 Å². The number of anilines is 1. The van der Waals surface area contributed by atoms with Gasteiger partial charge in [-0.15, -0.1) is 0 Å². The van der Waals surface area contributed by atoms with Crippen molar-refractivity contribution < 1.29 is 4.79 Å². The minimum absolute atomic E-state index is 0.0623. The second-order valence-corrected chi connectivity index (χ2v) is 7.76. The van der Waals surface area contributed by atoms with Crippen LogP contribution in [0.5, 0.6) is 0 Å². The molecule has 5 rings (SSSR count). The Kier molecular flexibility index (Phi) is 4.01. The van der Waals surface area contributed by atoms with Crippen LogP contribution in [0.2, 0.25) is 0 Å². The Morgan fingerprint density at radius 3 is 2.78 bits per heavy atom. The number of hydrogen-bond acceptors (Lipinski definition) is 2. The molecule has 4 heteroatoms. The van der Waals surface area contributed by atoms with Crippen LogP contribution in [0.1, 0.15) is 36.5 Å². The van der Waals surface area contributed by atoms with Crippen molar-refractivity contribution in [3.63, 3.8) is 0 Å². The molecule has 4 nitrogen and oxygen atoms in total. The Hall–Kier alpha value is -2.59. The molecule has 1 aliphatic heterocycles. The lowest BCUT2D eigenvalue weighted by Crippen LogP contribution is -2.19. The van der Waals surface area contributed by atoms with Gasteiger partial charge in [-0.3, -0.25) is 9.69 Å². The summed E-state index contributed by atoms with van der Waals surface area (Å²) in [5.41, 5.74) is 5.94. The van der Waals surface area contributed by atoms with E-state index in [1.54, 1.807) is 0 Å². The molecule has 1 aliphatic carbocycles. The van der Waals surface area contributed by atoms with Crippen LogP contribution in [-0.4, -0.2) is 21.4 Å². The van der Waals surface area contributed by atoms with Gasteiger partial charge >= 0.3 is 0 Å². The van der Waals surface area contributed by atoms with Gasteiger partial charge in [0.05, 0.1) is 6.42 Å². The number of nitrogens with one attached hydrogen (secondary N) is 1. The molecule has 1 aromatic heterocycles. The fraction of sp³-hybridized carbons (Fsp3) is 0.348. The Balaban J connectivity index is 1.36. The number of aromatic nitrogens is 1. The van der Waals surface area contributed by atoms with E-state index in [4.69, 9.17) is 0 Å². The third-order valence-corrected chi connectivity index (χ3v) is 5.91. The Morgan fingerprint density at radius 1 is 1.11 bits per heavy atom. The predicted molar refractivity (Wildman–Crippen MR) is 109 cm³/mol. The number of benzene rings is 2. The van der Waals surface area contributed by atoms with Crippen LogP contribution >= 0.6 is 0 Å². The van der Waals surface area contributed by atoms with E-state index >= 15 is 0 Å². The van der Waals surface area contributed by atoms with Crippen LogP contribution in [0.4, 0.5) is 5.69 Å². The fourth-order valence-electron chi connectivity index (χ4n) is 4.35. The summed E-state index contributed by atoms with van der Waals surface area (Å²) in [6, 6.07) is 15.4. The maximum absolute atomic E-state index is 12.8. The van der Waals surface area contributed by atoms with Gasteiger partial charge in [-0.1, -0.05) is 30.3 Å². The average Bonchev–Trinajstić information content (AvgIpc) is 3.34. The molecule has 0 unspecified atom stereocenters. The van der Waals surface area contributed by atoms with E-state index in [1.807, 2.05) is 12.1 Å². The summed E-state index contributed by atoms with van der Waals surface area (Å²) in [4.78, 5) is 15.4. The van der Waals surface area contributed by atoms with E-state index in [9.17, 15) is 4.79 Å². The number of rotatable bonds is 5. The Bertz CT molecular complexity index is 1020. The second kappa shape index (κ2) is 6.54. The number of para-hydroxylation sites is 1. The highest BCUT2D eigenvalue weighted by molar-refractivity contribution is 5.96. The third kappa shape index (κ3) is 3.04. The molecule has 0 bridgehead atoms. The van der Waals surface area contributed by atoms with Crippen molar-refractivity contribution in [1.82, 2.24) is 9.47 Å². The van der Waals surface area contributed by atoms with E-state index in [0.29, 0.717) is 6.42 Å². The highest BCUT2D eigenvalue weighted by atomic mass is 16.1. The van der Waals surface area contributed by atoms with Crippen LogP contribution in [0, 0.1) is 0 Å². The molecule has 2 aromatic carbocycles. The summed E-state index contributed by atoms with van der Waals surface area (Å²) >= 11 is 0. The summed E-state index contributed by atoms with van der Waals surface area (Å²) in [6.45, 7) is 5.03. The van der Waals surface area contributed by atoms with Crippen LogP contribution in [0.3, 0.4) is 0 Å². The van der Waals surface area contributed by atoms with Gasteiger partial charge in [0.1, 0.15) is 0 Å². The van der Waals surface area contributed by atoms with Gasteiger partial charge in [0.2, 0.25) is 5.91 Å². The van der Waals surface area contributed by atoms with E-state index in [0.717, 1.165) is 36.9 Å². The molecule has 0 saturated heterocycles. The average molecular weight is 359 g/mol. The van der Waals surface area contributed by atoms with Crippen LogP contribution < -0.4 is 5.32 Å². The highest BCUT2D eigenvalue weighted by Gasteiger charge is 2.33. The first-order valence-electron chi connectivity index (χ1n) is 9.94. The zero-order valence-corrected chi connectivity index (χ0v) is 15.7. The maximum Gasteiger partial charge on any atom is 0.228 e. The molecular formula is C23H25N3O. The van der Waals surface area contributed by atoms with Crippen LogP contribution in [0.15, 0.2) is 48.7 Å². The normalized spacial score (nSPS) is 16.6. The van der Waals surface area contributed by atoms with Crippen LogP contribution in [0.25, 0.3) is 10.9 Å². The molecule has 138 valence electrons. The number of nitrogens with zero attached hydrogens (tertiary/aromatic N) is 2. The standard InChI is InChI=1S/C23H25N3O/c1-2-25-14-17(19-7-3-4-9-22(19)25)12-23(27)24-21-8-5-6-16-13-26(15-20(16)21)18-10-11-18/h3-9,14,18H,2,10-13,15H2,1H3,(H,24,27). The quantitative estimate of drug-likeness (QED) is 0.737. The van der Waals surface area contributed by atoms with Crippen molar-refractivity contribution in [2.24, 2.45) is 0 Å². The van der Waals surface area contributed by atoms with E-state index in [1.165, 1.54) is 34.9 Å². The smallest absolute Gasteiger partial charge is 0.228 e. The first-order valence-corrected chi connectivity index (χ1v) is 9.94. The third-order valence-electron chi connectivity index (χ3n) is 5.91. The molecule has 1 fully saturated rings. The van der Waals surface area contributed by atoms with Crippen molar-refractivity contribution in [1.29, 1.82) is 0 Å². The monoisotopic (exact) mass is 359 g/mol. The molecule has 0 atom stereocenters. The molecule has 1 N–H and O–H groups in total. The fourth-order valence-corrected chi connectivity index (χ4v) is 4.35. The Labute approximate surface area is 159 Å². The molecular weight excluding hydrogens is 334 g/mol. The van der Waals surface area contributed by atoms with Crippen molar-refractivity contribution in [2.75, 3.05) is 5.32 Å². The SMILES string of the molecule is CCn1cc(CC(=O)Nc2cccc3c2CN(C2CC2)C3)c2ccccc21. The summed E-state index contributed by atoms with van der Waals surface area (Å²) in [6.07, 6.45) is 5.16.